The average molecular weight is 345 g/mol. The molecule has 0 spiro atoms. The summed E-state index contributed by atoms with van der Waals surface area (Å²) in [6.07, 6.45) is 0. The molecule has 0 aromatic heterocycles. The first-order valence-corrected chi connectivity index (χ1v) is 7.75. The number of hydrogen-bond acceptors (Lipinski definition) is 3. The zero-order valence-electron chi connectivity index (χ0n) is 10.3. The highest BCUT2D eigenvalue weighted by Crippen LogP contribution is 2.28. The van der Waals surface area contributed by atoms with Crippen LogP contribution in [0.3, 0.4) is 0 Å². The maximum Gasteiger partial charge on any atom is 0.263 e. The lowest BCUT2D eigenvalue weighted by molar-refractivity contribution is 0.601. The molecule has 4 nitrogen and oxygen atoms in total. The maximum absolute atomic E-state index is 13.1. The lowest BCUT2D eigenvalue weighted by Crippen LogP contribution is -2.14. The van der Waals surface area contributed by atoms with Crippen molar-refractivity contribution in [1.82, 2.24) is 0 Å². The number of rotatable bonds is 3. The Bertz CT molecular complexity index is 848. The summed E-state index contributed by atoms with van der Waals surface area (Å²) in [6, 6.07) is 8.86. The molecule has 0 aliphatic carbocycles. The van der Waals surface area contributed by atoms with Crippen LogP contribution in [0.1, 0.15) is 5.56 Å². The van der Waals surface area contributed by atoms with Gasteiger partial charge in [-0.25, -0.2) is 12.8 Å². The molecule has 8 heteroatoms. The quantitative estimate of drug-likeness (QED) is 0.920. The second-order valence-corrected chi connectivity index (χ2v) is 6.45. The third-order valence-corrected chi connectivity index (χ3v) is 4.70. The molecule has 0 saturated carbocycles. The molecule has 0 aliphatic rings. The van der Waals surface area contributed by atoms with Crippen LogP contribution >= 0.6 is 23.2 Å². The highest BCUT2D eigenvalue weighted by Gasteiger charge is 2.19. The van der Waals surface area contributed by atoms with Crippen molar-refractivity contribution in [2.45, 2.75) is 4.90 Å². The first-order valence-electron chi connectivity index (χ1n) is 5.51. The summed E-state index contributed by atoms with van der Waals surface area (Å²) in [5.74, 6) is -0.636. The molecule has 0 unspecified atom stereocenters. The molecule has 0 bridgehead atoms. The number of hydrogen-bond donors (Lipinski definition) is 1. The Morgan fingerprint density at radius 2 is 1.81 bits per heavy atom. The van der Waals surface area contributed by atoms with E-state index in [-0.39, 0.29) is 26.2 Å². The molecular weight excluding hydrogens is 338 g/mol. The topological polar surface area (TPSA) is 70.0 Å². The Kier molecular flexibility index (Phi) is 4.37. The van der Waals surface area contributed by atoms with Crippen LogP contribution in [0.15, 0.2) is 41.3 Å². The molecule has 0 fully saturated rings. The molecule has 21 heavy (non-hydrogen) atoms. The van der Waals surface area contributed by atoms with Gasteiger partial charge in [-0.1, -0.05) is 23.2 Å². The van der Waals surface area contributed by atoms with Gasteiger partial charge in [-0.15, -0.1) is 0 Å². The van der Waals surface area contributed by atoms with Crippen molar-refractivity contribution in [2.24, 2.45) is 0 Å². The van der Waals surface area contributed by atoms with Crippen LogP contribution in [0.5, 0.6) is 0 Å². The first kappa shape index (κ1) is 15.6. The highest BCUT2D eigenvalue weighted by atomic mass is 35.5. The van der Waals surface area contributed by atoms with Gasteiger partial charge in [0.15, 0.2) is 0 Å². The zero-order chi connectivity index (χ0) is 15.6. The second-order valence-electron chi connectivity index (χ2n) is 3.99. The highest BCUT2D eigenvalue weighted by molar-refractivity contribution is 7.92. The monoisotopic (exact) mass is 344 g/mol. The van der Waals surface area contributed by atoms with E-state index in [1.165, 1.54) is 24.3 Å². The van der Waals surface area contributed by atoms with Gasteiger partial charge in [0.2, 0.25) is 0 Å². The Morgan fingerprint density at radius 3 is 2.43 bits per heavy atom. The van der Waals surface area contributed by atoms with E-state index >= 15 is 0 Å². The Hall–Kier alpha value is -1.81. The Balaban J connectivity index is 2.44. The summed E-state index contributed by atoms with van der Waals surface area (Å²) in [5.41, 5.74) is 0.125. The van der Waals surface area contributed by atoms with Crippen molar-refractivity contribution in [1.29, 1.82) is 5.26 Å². The van der Waals surface area contributed by atoms with Crippen LogP contribution in [0, 0.1) is 17.1 Å². The van der Waals surface area contributed by atoms with Gasteiger partial charge in [0.05, 0.1) is 27.4 Å². The van der Waals surface area contributed by atoms with Crippen LogP contribution in [-0.4, -0.2) is 8.42 Å². The molecule has 108 valence electrons. The summed E-state index contributed by atoms with van der Waals surface area (Å²) in [4.78, 5) is -0.233. The van der Waals surface area contributed by atoms with Crippen LogP contribution in [0.4, 0.5) is 10.1 Å². The zero-order valence-corrected chi connectivity index (χ0v) is 12.6. The van der Waals surface area contributed by atoms with E-state index in [9.17, 15) is 12.8 Å². The molecule has 0 aliphatic heterocycles. The normalized spacial score (nSPS) is 11.0. The molecule has 2 rings (SSSR count). The van der Waals surface area contributed by atoms with Crippen molar-refractivity contribution >= 4 is 38.9 Å². The molecular formula is C13H7Cl2FN2O2S. The van der Waals surface area contributed by atoms with Gasteiger partial charge >= 0.3 is 0 Å². The molecule has 0 atom stereocenters. The van der Waals surface area contributed by atoms with Gasteiger partial charge < -0.3 is 0 Å². The summed E-state index contributed by atoms with van der Waals surface area (Å²) >= 11 is 11.7. The number of sulfonamides is 1. The Morgan fingerprint density at radius 1 is 1.10 bits per heavy atom. The number of nitrogens with zero attached hydrogens (tertiary/aromatic N) is 1. The summed E-state index contributed by atoms with van der Waals surface area (Å²) in [7, 11) is -4.05. The SMILES string of the molecule is N#Cc1ccc(S(=O)(=O)Nc2cc(F)ccc2Cl)c(Cl)c1. The second kappa shape index (κ2) is 5.90. The fourth-order valence-electron chi connectivity index (χ4n) is 1.56. The van der Waals surface area contributed by atoms with Crippen LogP contribution < -0.4 is 4.72 Å². The molecule has 0 saturated heterocycles. The lowest BCUT2D eigenvalue weighted by Gasteiger charge is -2.11. The number of anilines is 1. The fraction of sp³-hybridized carbons (Fsp3) is 0. The predicted octanol–water partition coefficient (Wildman–Crippen LogP) is 3.80. The minimum atomic E-state index is -4.05. The van der Waals surface area contributed by atoms with E-state index in [1.807, 2.05) is 6.07 Å². The molecule has 0 radical (unpaired) electrons. The van der Waals surface area contributed by atoms with E-state index in [0.717, 1.165) is 12.1 Å². The number of nitriles is 1. The van der Waals surface area contributed by atoms with E-state index in [0.29, 0.717) is 0 Å². The summed E-state index contributed by atoms with van der Waals surface area (Å²) in [5, 5.41) is 8.65. The lowest BCUT2D eigenvalue weighted by atomic mass is 10.2. The predicted molar refractivity (Wildman–Crippen MR) is 78.4 cm³/mol. The van der Waals surface area contributed by atoms with E-state index in [2.05, 4.69) is 4.72 Å². The molecule has 0 amide bonds. The minimum Gasteiger partial charge on any atom is -0.278 e. The van der Waals surface area contributed by atoms with Crippen molar-refractivity contribution in [3.05, 3.63) is 57.8 Å². The van der Waals surface area contributed by atoms with Crippen LogP contribution in [-0.2, 0) is 10.0 Å². The summed E-state index contributed by atoms with van der Waals surface area (Å²) in [6.45, 7) is 0. The minimum absolute atomic E-state index is 0.0461. The van der Waals surface area contributed by atoms with Crippen molar-refractivity contribution < 1.29 is 12.8 Å². The fourth-order valence-corrected chi connectivity index (χ4v) is 3.40. The molecule has 0 heterocycles. The van der Waals surface area contributed by atoms with E-state index in [1.54, 1.807) is 0 Å². The van der Waals surface area contributed by atoms with Crippen LogP contribution in [0.25, 0.3) is 0 Å². The van der Waals surface area contributed by atoms with Gasteiger partial charge in [-0.05, 0) is 36.4 Å². The number of halogens is 3. The largest absolute Gasteiger partial charge is 0.278 e. The van der Waals surface area contributed by atoms with Crippen molar-refractivity contribution in [2.75, 3.05) is 4.72 Å². The average Bonchev–Trinajstić information content (AvgIpc) is 2.42. The van der Waals surface area contributed by atoms with Crippen LogP contribution in [0.2, 0.25) is 10.0 Å². The van der Waals surface area contributed by atoms with Gasteiger partial charge in [-0.2, -0.15) is 5.26 Å². The van der Waals surface area contributed by atoms with Crippen molar-refractivity contribution in [3.63, 3.8) is 0 Å². The first-order chi connectivity index (χ1) is 9.83. The number of benzene rings is 2. The Labute approximate surface area is 130 Å². The van der Waals surface area contributed by atoms with E-state index < -0.39 is 15.8 Å². The molecule has 2 aromatic rings. The standard InChI is InChI=1S/C13H7Cl2FN2O2S/c14-10-3-2-9(16)6-12(10)18-21(19,20)13-4-1-8(7-17)5-11(13)15/h1-6,18H. The third kappa shape index (κ3) is 3.45. The van der Waals surface area contributed by atoms with E-state index in [4.69, 9.17) is 28.5 Å². The van der Waals surface area contributed by atoms with Gasteiger partial charge in [-0.3, -0.25) is 4.72 Å². The number of nitrogens with one attached hydrogen (secondary N) is 1. The smallest absolute Gasteiger partial charge is 0.263 e. The van der Waals surface area contributed by atoms with Gasteiger partial charge in [0.25, 0.3) is 10.0 Å². The van der Waals surface area contributed by atoms with Gasteiger partial charge in [0, 0.05) is 0 Å². The van der Waals surface area contributed by atoms with Gasteiger partial charge in [0.1, 0.15) is 10.7 Å². The van der Waals surface area contributed by atoms with Crippen molar-refractivity contribution in [3.8, 4) is 6.07 Å². The molecule has 1 N–H and O–H groups in total. The molecule has 2 aromatic carbocycles. The summed E-state index contributed by atoms with van der Waals surface area (Å²) < 4.78 is 39.8. The maximum atomic E-state index is 13.1. The third-order valence-electron chi connectivity index (χ3n) is 2.52.